The molecule has 1 aromatic rings. The van der Waals surface area contributed by atoms with Gasteiger partial charge in [0.25, 0.3) is 0 Å². The van der Waals surface area contributed by atoms with E-state index in [4.69, 9.17) is 16.3 Å². The number of halogens is 1. The number of hydrogen-bond acceptors (Lipinski definition) is 4. The van der Waals surface area contributed by atoms with Gasteiger partial charge in [-0.3, -0.25) is 0 Å². The molecule has 0 saturated heterocycles. The van der Waals surface area contributed by atoms with Crippen molar-refractivity contribution in [3.05, 3.63) is 28.8 Å². The van der Waals surface area contributed by atoms with Gasteiger partial charge in [0.2, 0.25) is 0 Å². The predicted octanol–water partition coefficient (Wildman–Crippen LogP) is 2.81. The summed E-state index contributed by atoms with van der Waals surface area (Å²) in [4.78, 5) is 22.6. The number of alkyl carbamates (subject to hydrolysis) is 1. The number of rotatable bonds is 3. The Labute approximate surface area is 116 Å². The maximum Gasteiger partial charge on any atom is 0.408 e. The third-order valence-electron chi connectivity index (χ3n) is 2.13. The van der Waals surface area contributed by atoms with Gasteiger partial charge in [-0.25, -0.2) is 4.79 Å². The molecule has 0 aromatic heterocycles. The molecule has 0 saturated carbocycles. The van der Waals surface area contributed by atoms with Gasteiger partial charge in [0.05, 0.1) is 0 Å². The highest BCUT2D eigenvalue weighted by Crippen LogP contribution is 2.26. The van der Waals surface area contributed by atoms with Crippen LogP contribution in [0.5, 0.6) is 5.75 Å². The van der Waals surface area contributed by atoms with Crippen LogP contribution in [0, 0.1) is 0 Å². The second-order valence-corrected chi connectivity index (χ2v) is 5.40. The number of phenolic OH excluding ortho intramolecular Hbond substituents is 1. The van der Waals surface area contributed by atoms with Crippen LogP contribution in [0.1, 0.15) is 32.4 Å². The first kappa shape index (κ1) is 15.3. The topological polar surface area (TPSA) is 75.6 Å². The molecule has 0 spiro atoms. The summed E-state index contributed by atoms with van der Waals surface area (Å²) in [6.45, 7) is 5.12. The normalized spacial score (nSPS) is 12.6. The van der Waals surface area contributed by atoms with E-state index in [1.54, 1.807) is 20.8 Å². The lowest BCUT2D eigenvalue weighted by molar-refractivity contribution is -0.109. The van der Waals surface area contributed by atoms with Crippen LogP contribution in [0.2, 0.25) is 5.02 Å². The Kier molecular flexibility index (Phi) is 4.78. The number of amides is 1. The molecule has 1 atom stereocenters. The van der Waals surface area contributed by atoms with Crippen molar-refractivity contribution in [3.63, 3.8) is 0 Å². The molecule has 0 bridgehead atoms. The lowest BCUT2D eigenvalue weighted by Crippen LogP contribution is -2.35. The van der Waals surface area contributed by atoms with Crippen LogP contribution in [0.25, 0.3) is 0 Å². The highest BCUT2D eigenvalue weighted by molar-refractivity contribution is 6.30. The molecule has 0 aliphatic rings. The number of carbonyl (C=O) groups is 2. The molecule has 104 valence electrons. The molecule has 1 rings (SSSR count). The summed E-state index contributed by atoms with van der Waals surface area (Å²) < 4.78 is 5.04. The summed E-state index contributed by atoms with van der Waals surface area (Å²) in [6.07, 6.45) is -0.251. The zero-order valence-electron chi connectivity index (χ0n) is 10.9. The average Bonchev–Trinajstić information content (AvgIpc) is 2.27. The SMILES string of the molecule is CC(C)(C)OC(=O)NC(C=O)c1cc(Cl)ccc1O. The molecule has 0 aliphatic heterocycles. The molecule has 5 nitrogen and oxygen atoms in total. The summed E-state index contributed by atoms with van der Waals surface area (Å²) in [5, 5.41) is 12.4. The van der Waals surface area contributed by atoms with E-state index >= 15 is 0 Å². The minimum atomic E-state index is -1.02. The molecule has 0 fully saturated rings. The molecule has 19 heavy (non-hydrogen) atoms. The van der Waals surface area contributed by atoms with Gasteiger partial charge in [-0.15, -0.1) is 0 Å². The van der Waals surface area contributed by atoms with E-state index in [9.17, 15) is 14.7 Å². The standard InChI is InChI=1S/C13H16ClNO4/c1-13(2,3)19-12(18)15-10(7-16)9-6-8(14)4-5-11(9)17/h4-7,10,17H,1-3H3,(H,15,18). The fraction of sp³-hybridized carbons (Fsp3) is 0.385. The van der Waals surface area contributed by atoms with Crippen molar-refractivity contribution in [2.75, 3.05) is 0 Å². The maximum atomic E-state index is 11.6. The largest absolute Gasteiger partial charge is 0.508 e. The fourth-order valence-corrected chi connectivity index (χ4v) is 1.57. The predicted molar refractivity (Wildman–Crippen MR) is 71.3 cm³/mol. The minimum absolute atomic E-state index is 0.127. The van der Waals surface area contributed by atoms with Crippen molar-refractivity contribution in [2.45, 2.75) is 32.4 Å². The van der Waals surface area contributed by atoms with Crippen LogP contribution in [-0.4, -0.2) is 23.1 Å². The van der Waals surface area contributed by atoms with Crippen molar-refractivity contribution in [2.24, 2.45) is 0 Å². The van der Waals surface area contributed by atoms with Gasteiger partial charge in [0.1, 0.15) is 23.7 Å². The Morgan fingerprint density at radius 2 is 2.11 bits per heavy atom. The number of benzene rings is 1. The number of carbonyl (C=O) groups excluding carboxylic acids is 2. The Morgan fingerprint density at radius 3 is 2.63 bits per heavy atom. The highest BCUT2D eigenvalue weighted by Gasteiger charge is 2.22. The minimum Gasteiger partial charge on any atom is -0.508 e. The van der Waals surface area contributed by atoms with E-state index < -0.39 is 17.7 Å². The molecule has 1 aromatic carbocycles. The number of aromatic hydroxyl groups is 1. The van der Waals surface area contributed by atoms with Gasteiger partial charge in [-0.2, -0.15) is 0 Å². The van der Waals surface area contributed by atoms with Crippen LogP contribution in [-0.2, 0) is 9.53 Å². The molecule has 0 heterocycles. The van der Waals surface area contributed by atoms with Crippen molar-refractivity contribution in [1.82, 2.24) is 5.32 Å². The lowest BCUT2D eigenvalue weighted by Gasteiger charge is -2.22. The molecule has 6 heteroatoms. The van der Waals surface area contributed by atoms with E-state index in [1.807, 2.05) is 0 Å². The van der Waals surface area contributed by atoms with Crippen LogP contribution in [0.4, 0.5) is 4.79 Å². The fourth-order valence-electron chi connectivity index (χ4n) is 1.39. The Bertz CT molecular complexity index is 482. The summed E-state index contributed by atoms with van der Waals surface area (Å²) >= 11 is 5.79. The van der Waals surface area contributed by atoms with E-state index in [1.165, 1.54) is 18.2 Å². The summed E-state index contributed by atoms with van der Waals surface area (Å²) in [7, 11) is 0. The number of aldehydes is 1. The zero-order valence-corrected chi connectivity index (χ0v) is 11.7. The molecular formula is C13H16ClNO4. The van der Waals surface area contributed by atoms with E-state index in [-0.39, 0.29) is 11.3 Å². The first-order valence-corrected chi connectivity index (χ1v) is 6.04. The number of phenols is 1. The van der Waals surface area contributed by atoms with Crippen LogP contribution < -0.4 is 5.32 Å². The first-order chi connectivity index (χ1) is 8.73. The maximum absolute atomic E-state index is 11.6. The van der Waals surface area contributed by atoms with Gasteiger partial charge < -0.3 is 20.0 Å². The van der Waals surface area contributed by atoms with Gasteiger partial charge in [-0.05, 0) is 39.0 Å². The summed E-state index contributed by atoms with van der Waals surface area (Å²) in [5.41, 5.74) is -0.457. The Hall–Kier alpha value is -1.75. The van der Waals surface area contributed by atoms with Gasteiger partial charge in [-0.1, -0.05) is 11.6 Å². The van der Waals surface area contributed by atoms with Crippen molar-refractivity contribution in [3.8, 4) is 5.75 Å². The van der Waals surface area contributed by atoms with Crippen molar-refractivity contribution < 1.29 is 19.4 Å². The van der Waals surface area contributed by atoms with Crippen LogP contribution in [0.15, 0.2) is 18.2 Å². The van der Waals surface area contributed by atoms with Gasteiger partial charge >= 0.3 is 6.09 Å². The van der Waals surface area contributed by atoms with E-state index in [2.05, 4.69) is 5.32 Å². The summed E-state index contributed by atoms with van der Waals surface area (Å²) in [6, 6.07) is 3.22. The lowest BCUT2D eigenvalue weighted by atomic mass is 10.1. The second kappa shape index (κ2) is 5.93. The number of hydrogen-bond donors (Lipinski definition) is 2. The first-order valence-electron chi connectivity index (χ1n) is 5.66. The van der Waals surface area contributed by atoms with Crippen LogP contribution >= 0.6 is 11.6 Å². The molecule has 1 amide bonds. The quantitative estimate of drug-likeness (QED) is 0.837. The average molecular weight is 286 g/mol. The van der Waals surface area contributed by atoms with Crippen molar-refractivity contribution in [1.29, 1.82) is 0 Å². The van der Waals surface area contributed by atoms with Gasteiger partial charge in [0, 0.05) is 10.6 Å². The number of ether oxygens (including phenoxy) is 1. The zero-order chi connectivity index (χ0) is 14.6. The smallest absolute Gasteiger partial charge is 0.408 e. The third-order valence-corrected chi connectivity index (χ3v) is 2.37. The molecule has 0 radical (unpaired) electrons. The molecular weight excluding hydrogens is 270 g/mol. The van der Waals surface area contributed by atoms with Gasteiger partial charge in [0.15, 0.2) is 0 Å². The summed E-state index contributed by atoms with van der Waals surface area (Å²) in [5.74, 6) is -0.127. The highest BCUT2D eigenvalue weighted by atomic mass is 35.5. The van der Waals surface area contributed by atoms with E-state index in [0.717, 1.165) is 0 Å². The van der Waals surface area contributed by atoms with Crippen LogP contribution in [0.3, 0.4) is 0 Å². The number of nitrogens with one attached hydrogen (secondary N) is 1. The monoisotopic (exact) mass is 285 g/mol. The molecule has 1 unspecified atom stereocenters. The molecule has 2 N–H and O–H groups in total. The molecule has 0 aliphatic carbocycles. The Balaban J connectivity index is 2.87. The second-order valence-electron chi connectivity index (χ2n) is 4.96. The van der Waals surface area contributed by atoms with E-state index in [0.29, 0.717) is 11.3 Å². The Morgan fingerprint density at radius 1 is 1.47 bits per heavy atom. The third kappa shape index (κ3) is 4.79. The van der Waals surface area contributed by atoms with Crippen molar-refractivity contribution >= 4 is 24.0 Å².